The molecule has 98 valence electrons. The Hall–Kier alpha value is -2.88. The van der Waals surface area contributed by atoms with Crippen LogP contribution in [0, 0.1) is 0 Å². The third-order valence-electron chi connectivity index (χ3n) is 3.00. The number of nitrogens with zero attached hydrogens (tertiary/aromatic N) is 2. The summed E-state index contributed by atoms with van der Waals surface area (Å²) in [5.74, 6) is -0.381. The van der Waals surface area contributed by atoms with Crippen LogP contribution in [0.5, 0.6) is 11.5 Å². The van der Waals surface area contributed by atoms with Gasteiger partial charge in [0.05, 0.1) is 11.4 Å². The van der Waals surface area contributed by atoms with E-state index in [1.807, 2.05) is 42.5 Å². The third-order valence-corrected chi connectivity index (χ3v) is 3.00. The number of fused-ring (bicyclic) bond motifs is 1. The summed E-state index contributed by atoms with van der Waals surface area (Å²) in [5.41, 5.74) is 1.24. The highest BCUT2D eigenvalue weighted by atomic mass is 16.3. The van der Waals surface area contributed by atoms with Crippen LogP contribution in [-0.4, -0.2) is 10.2 Å². The molecule has 0 bridgehead atoms. The molecule has 4 nitrogen and oxygen atoms in total. The minimum Gasteiger partial charge on any atom is -0.504 e. The van der Waals surface area contributed by atoms with E-state index in [0.29, 0.717) is 5.69 Å². The first-order valence-corrected chi connectivity index (χ1v) is 6.15. The molecule has 0 radical (unpaired) electrons. The van der Waals surface area contributed by atoms with Gasteiger partial charge in [0.15, 0.2) is 11.5 Å². The molecule has 3 aromatic rings. The highest BCUT2D eigenvalue weighted by molar-refractivity contribution is 5.92. The number of hydrogen-bond acceptors (Lipinski definition) is 4. The summed E-state index contributed by atoms with van der Waals surface area (Å²) in [5, 5.41) is 29.1. The van der Waals surface area contributed by atoms with Crippen molar-refractivity contribution in [3.63, 3.8) is 0 Å². The fourth-order valence-electron chi connectivity index (χ4n) is 1.98. The standard InChI is InChI=1S/C16H12N2O2/c19-15-9-8-12(10-16(15)20)17-18-14-7-3-5-11-4-1-2-6-13(11)14/h1-10,19-20H. The molecule has 4 heteroatoms. The summed E-state index contributed by atoms with van der Waals surface area (Å²) in [6, 6.07) is 18.1. The van der Waals surface area contributed by atoms with E-state index in [-0.39, 0.29) is 11.5 Å². The molecule has 0 aliphatic rings. The fourth-order valence-corrected chi connectivity index (χ4v) is 1.98. The lowest BCUT2D eigenvalue weighted by Gasteiger charge is -2.01. The van der Waals surface area contributed by atoms with Gasteiger partial charge in [0, 0.05) is 11.5 Å². The van der Waals surface area contributed by atoms with Crippen molar-refractivity contribution in [2.75, 3.05) is 0 Å². The summed E-state index contributed by atoms with van der Waals surface area (Å²) in [6.07, 6.45) is 0. The quantitative estimate of drug-likeness (QED) is 0.522. The molecule has 0 heterocycles. The maximum absolute atomic E-state index is 9.42. The van der Waals surface area contributed by atoms with Crippen LogP contribution in [0.1, 0.15) is 0 Å². The number of benzene rings is 3. The first kappa shape index (κ1) is 12.2. The van der Waals surface area contributed by atoms with E-state index in [9.17, 15) is 10.2 Å². The lowest BCUT2D eigenvalue weighted by molar-refractivity contribution is 0.404. The second-order valence-electron chi connectivity index (χ2n) is 4.37. The second-order valence-corrected chi connectivity index (χ2v) is 4.37. The SMILES string of the molecule is Oc1ccc(N=Nc2cccc3ccccc23)cc1O. The number of rotatable bonds is 2. The Morgan fingerprint density at radius 3 is 2.35 bits per heavy atom. The Morgan fingerprint density at radius 2 is 1.50 bits per heavy atom. The Morgan fingerprint density at radius 1 is 0.700 bits per heavy atom. The predicted molar refractivity (Wildman–Crippen MR) is 77.9 cm³/mol. The van der Waals surface area contributed by atoms with Gasteiger partial charge in [-0.3, -0.25) is 0 Å². The molecule has 0 aliphatic carbocycles. The minimum atomic E-state index is -0.209. The van der Waals surface area contributed by atoms with Crippen LogP contribution in [-0.2, 0) is 0 Å². The molecule has 20 heavy (non-hydrogen) atoms. The molecule has 0 fully saturated rings. The molecule has 0 aromatic heterocycles. The molecular weight excluding hydrogens is 252 g/mol. The van der Waals surface area contributed by atoms with Gasteiger partial charge in [0.2, 0.25) is 0 Å². The number of phenolic OH excluding ortho intramolecular Hbond substituents is 2. The van der Waals surface area contributed by atoms with Crippen molar-refractivity contribution in [2.24, 2.45) is 10.2 Å². The van der Waals surface area contributed by atoms with Gasteiger partial charge < -0.3 is 10.2 Å². The maximum Gasteiger partial charge on any atom is 0.159 e. The van der Waals surface area contributed by atoms with Crippen molar-refractivity contribution in [3.8, 4) is 11.5 Å². The van der Waals surface area contributed by atoms with Gasteiger partial charge in [-0.25, -0.2) is 0 Å². The van der Waals surface area contributed by atoms with Gasteiger partial charge >= 0.3 is 0 Å². The molecule has 0 saturated carbocycles. The van der Waals surface area contributed by atoms with Crippen molar-refractivity contribution >= 4 is 22.1 Å². The van der Waals surface area contributed by atoms with Crippen molar-refractivity contribution in [3.05, 3.63) is 60.7 Å². The molecule has 2 N–H and O–H groups in total. The summed E-state index contributed by atoms with van der Waals surface area (Å²) in [6.45, 7) is 0. The zero-order valence-electron chi connectivity index (χ0n) is 10.6. The molecule has 3 rings (SSSR count). The highest BCUT2D eigenvalue weighted by Crippen LogP contribution is 2.31. The Kier molecular flexibility index (Phi) is 3.05. The lowest BCUT2D eigenvalue weighted by Crippen LogP contribution is -1.72. The van der Waals surface area contributed by atoms with Crippen LogP contribution in [0.3, 0.4) is 0 Å². The molecule has 0 spiro atoms. The van der Waals surface area contributed by atoms with Crippen LogP contribution in [0.2, 0.25) is 0 Å². The summed E-state index contributed by atoms with van der Waals surface area (Å²) >= 11 is 0. The topological polar surface area (TPSA) is 65.2 Å². The van der Waals surface area contributed by atoms with Crippen molar-refractivity contribution in [2.45, 2.75) is 0 Å². The monoisotopic (exact) mass is 264 g/mol. The third kappa shape index (κ3) is 2.31. The fraction of sp³-hybridized carbons (Fsp3) is 0. The minimum absolute atomic E-state index is 0.172. The average Bonchev–Trinajstić information content (AvgIpc) is 2.48. The van der Waals surface area contributed by atoms with Crippen LogP contribution in [0.25, 0.3) is 10.8 Å². The van der Waals surface area contributed by atoms with Crippen LogP contribution in [0.15, 0.2) is 70.9 Å². The number of hydrogen-bond donors (Lipinski definition) is 2. The Balaban J connectivity index is 2.00. The molecule has 3 aromatic carbocycles. The molecule has 0 aliphatic heterocycles. The molecular formula is C16H12N2O2. The van der Waals surface area contributed by atoms with E-state index < -0.39 is 0 Å². The zero-order chi connectivity index (χ0) is 13.9. The highest BCUT2D eigenvalue weighted by Gasteiger charge is 2.01. The van der Waals surface area contributed by atoms with Crippen molar-refractivity contribution in [1.82, 2.24) is 0 Å². The number of aromatic hydroxyl groups is 2. The van der Waals surface area contributed by atoms with Gasteiger partial charge in [0.1, 0.15) is 0 Å². The van der Waals surface area contributed by atoms with Crippen molar-refractivity contribution < 1.29 is 10.2 Å². The largest absolute Gasteiger partial charge is 0.504 e. The van der Waals surface area contributed by atoms with Gasteiger partial charge in [-0.05, 0) is 23.6 Å². The van der Waals surface area contributed by atoms with E-state index in [1.165, 1.54) is 12.1 Å². The Labute approximate surface area is 115 Å². The van der Waals surface area contributed by atoms with E-state index in [1.54, 1.807) is 6.07 Å². The normalized spacial score (nSPS) is 11.2. The van der Waals surface area contributed by atoms with E-state index in [0.717, 1.165) is 16.5 Å². The summed E-state index contributed by atoms with van der Waals surface area (Å²) in [4.78, 5) is 0. The van der Waals surface area contributed by atoms with Crippen LogP contribution < -0.4 is 0 Å². The predicted octanol–water partition coefficient (Wildman–Crippen LogP) is 4.67. The molecule has 0 saturated heterocycles. The van der Waals surface area contributed by atoms with Gasteiger partial charge in [-0.2, -0.15) is 5.11 Å². The number of phenols is 2. The lowest BCUT2D eigenvalue weighted by atomic mass is 10.1. The summed E-state index contributed by atoms with van der Waals surface area (Å²) in [7, 11) is 0. The van der Waals surface area contributed by atoms with Gasteiger partial charge in [-0.15, -0.1) is 5.11 Å². The van der Waals surface area contributed by atoms with E-state index in [4.69, 9.17) is 0 Å². The van der Waals surface area contributed by atoms with Crippen LogP contribution >= 0.6 is 0 Å². The molecule has 0 atom stereocenters. The first-order chi connectivity index (χ1) is 9.74. The van der Waals surface area contributed by atoms with Crippen LogP contribution in [0.4, 0.5) is 11.4 Å². The van der Waals surface area contributed by atoms with Gasteiger partial charge in [-0.1, -0.05) is 36.4 Å². The molecule has 0 amide bonds. The smallest absolute Gasteiger partial charge is 0.159 e. The average molecular weight is 264 g/mol. The molecule has 0 unspecified atom stereocenters. The second kappa shape index (κ2) is 5.01. The summed E-state index contributed by atoms with van der Waals surface area (Å²) < 4.78 is 0. The van der Waals surface area contributed by atoms with Crippen molar-refractivity contribution in [1.29, 1.82) is 0 Å². The van der Waals surface area contributed by atoms with E-state index in [2.05, 4.69) is 10.2 Å². The maximum atomic E-state index is 9.42. The first-order valence-electron chi connectivity index (χ1n) is 6.15. The zero-order valence-corrected chi connectivity index (χ0v) is 10.6. The van der Waals surface area contributed by atoms with E-state index >= 15 is 0 Å². The Bertz CT molecular complexity index is 792. The number of azo groups is 1. The van der Waals surface area contributed by atoms with Gasteiger partial charge in [0.25, 0.3) is 0 Å².